The Balaban J connectivity index is 1.82. The maximum atomic E-state index is 12.1. The van der Waals surface area contributed by atoms with Crippen LogP contribution in [-0.4, -0.2) is 17.2 Å². The molecule has 0 radical (unpaired) electrons. The summed E-state index contributed by atoms with van der Waals surface area (Å²) in [6, 6.07) is 12.8. The summed E-state index contributed by atoms with van der Waals surface area (Å²) in [7, 11) is 0. The number of fused-ring (bicyclic) bond motifs is 1. The zero-order chi connectivity index (χ0) is 15.5. The van der Waals surface area contributed by atoms with E-state index in [1.54, 1.807) is 35.8 Å². The van der Waals surface area contributed by atoms with Crippen molar-refractivity contribution in [1.82, 2.24) is 5.43 Å². The molecule has 0 spiro atoms. The van der Waals surface area contributed by atoms with Crippen LogP contribution in [0.4, 0.5) is 0 Å². The Hall–Kier alpha value is -2.66. The summed E-state index contributed by atoms with van der Waals surface area (Å²) in [5, 5.41) is 17.7. The maximum Gasteiger partial charge on any atom is 0.275 e. The lowest BCUT2D eigenvalue weighted by Crippen LogP contribution is -2.17. The minimum atomic E-state index is -0.436. The summed E-state index contributed by atoms with van der Waals surface area (Å²) in [6.45, 7) is 1.98. The molecule has 0 bridgehead atoms. The summed E-state index contributed by atoms with van der Waals surface area (Å²) in [5.74, 6) is -0.466. The predicted octanol–water partition coefficient (Wildman–Crippen LogP) is 3.68. The van der Waals surface area contributed by atoms with Crippen LogP contribution in [0.15, 0.2) is 52.9 Å². The van der Waals surface area contributed by atoms with Gasteiger partial charge in [-0.05, 0) is 35.4 Å². The maximum absolute atomic E-state index is 12.1. The van der Waals surface area contributed by atoms with Gasteiger partial charge < -0.3 is 5.11 Å². The van der Waals surface area contributed by atoms with Crippen molar-refractivity contribution in [2.45, 2.75) is 6.92 Å². The van der Waals surface area contributed by atoms with Gasteiger partial charge in [0.1, 0.15) is 5.75 Å². The molecule has 2 aromatic carbocycles. The summed E-state index contributed by atoms with van der Waals surface area (Å²) in [5.41, 5.74) is 3.76. The smallest absolute Gasteiger partial charge is 0.275 e. The number of hydrazone groups is 1. The zero-order valence-corrected chi connectivity index (χ0v) is 12.7. The molecule has 0 atom stereocenters. The molecule has 1 aromatic heterocycles. The topological polar surface area (TPSA) is 61.7 Å². The Morgan fingerprint density at radius 2 is 2.05 bits per heavy atom. The number of amides is 1. The van der Waals surface area contributed by atoms with Crippen LogP contribution < -0.4 is 5.43 Å². The molecule has 0 aliphatic heterocycles. The first-order chi connectivity index (χ1) is 10.7. The third-order valence-electron chi connectivity index (χ3n) is 3.39. The fraction of sp³-hybridized carbons (Fsp3) is 0.0588. The molecule has 0 saturated carbocycles. The van der Waals surface area contributed by atoms with Gasteiger partial charge in [-0.2, -0.15) is 5.10 Å². The van der Waals surface area contributed by atoms with E-state index in [9.17, 15) is 9.90 Å². The van der Waals surface area contributed by atoms with Gasteiger partial charge in [0.25, 0.3) is 5.91 Å². The first kappa shape index (κ1) is 14.3. The number of rotatable bonds is 3. The van der Waals surface area contributed by atoms with E-state index in [4.69, 9.17) is 0 Å². The Kier molecular flexibility index (Phi) is 3.89. The molecule has 0 saturated heterocycles. The standard InChI is InChI=1S/C17H14N2O2S/c1-11-8-9-22-15(11)10-18-19-17(21)14-7-6-12-4-2-3-5-13(12)16(14)20/h2-10,20H,1H3,(H,19,21). The molecule has 1 amide bonds. The number of carbonyl (C=O) groups is 1. The fourth-order valence-corrected chi connectivity index (χ4v) is 2.95. The van der Waals surface area contributed by atoms with Crippen molar-refractivity contribution in [3.8, 4) is 5.75 Å². The largest absolute Gasteiger partial charge is 0.506 e. The molecule has 0 fully saturated rings. The van der Waals surface area contributed by atoms with Crippen LogP contribution in [0.25, 0.3) is 10.8 Å². The molecule has 3 rings (SSSR count). The number of hydrogen-bond donors (Lipinski definition) is 2. The van der Waals surface area contributed by atoms with E-state index in [-0.39, 0.29) is 11.3 Å². The molecule has 4 nitrogen and oxygen atoms in total. The highest BCUT2D eigenvalue weighted by Gasteiger charge is 2.12. The first-order valence-corrected chi connectivity index (χ1v) is 7.63. The van der Waals surface area contributed by atoms with Crippen LogP contribution in [0.1, 0.15) is 20.8 Å². The SMILES string of the molecule is Cc1ccsc1C=NNC(=O)c1ccc2ccccc2c1O. The van der Waals surface area contributed by atoms with E-state index >= 15 is 0 Å². The van der Waals surface area contributed by atoms with Crippen molar-refractivity contribution in [2.75, 3.05) is 0 Å². The molecule has 3 aromatic rings. The van der Waals surface area contributed by atoms with E-state index in [1.165, 1.54) is 0 Å². The van der Waals surface area contributed by atoms with Crippen molar-refractivity contribution in [3.63, 3.8) is 0 Å². The number of phenolic OH excluding ortho intramolecular Hbond substituents is 1. The second kappa shape index (κ2) is 5.99. The van der Waals surface area contributed by atoms with E-state index < -0.39 is 5.91 Å². The number of hydrogen-bond acceptors (Lipinski definition) is 4. The van der Waals surface area contributed by atoms with Crippen LogP contribution in [-0.2, 0) is 0 Å². The minimum absolute atomic E-state index is 0.0295. The van der Waals surface area contributed by atoms with Crippen LogP contribution >= 0.6 is 11.3 Å². The monoisotopic (exact) mass is 310 g/mol. The molecule has 110 valence electrons. The van der Waals surface area contributed by atoms with Crippen LogP contribution in [0.5, 0.6) is 5.75 Å². The van der Waals surface area contributed by atoms with Gasteiger partial charge in [0.05, 0.1) is 11.8 Å². The van der Waals surface area contributed by atoms with Gasteiger partial charge >= 0.3 is 0 Å². The van der Waals surface area contributed by atoms with E-state index in [0.29, 0.717) is 5.39 Å². The number of phenols is 1. The second-order valence-electron chi connectivity index (χ2n) is 4.85. The van der Waals surface area contributed by atoms with E-state index in [0.717, 1.165) is 15.8 Å². The van der Waals surface area contributed by atoms with Gasteiger partial charge in [0.2, 0.25) is 0 Å². The number of thiophene rings is 1. The van der Waals surface area contributed by atoms with Crippen molar-refractivity contribution in [1.29, 1.82) is 0 Å². The van der Waals surface area contributed by atoms with Gasteiger partial charge in [-0.3, -0.25) is 4.79 Å². The Morgan fingerprint density at radius 1 is 1.23 bits per heavy atom. The van der Waals surface area contributed by atoms with Crippen LogP contribution in [0, 0.1) is 6.92 Å². The molecule has 1 heterocycles. The van der Waals surface area contributed by atoms with Crippen molar-refractivity contribution < 1.29 is 9.90 Å². The second-order valence-corrected chi connectivity index (χ2v) is 5.80. The van der Waals surface area contributed by atoms with Gasteiger partial charge in [-0.1, -0.05) is 30.3 Å². The molecular weight excluding hydrogens is 296 g/mol. The lowest BCUT2D eigenvalue weighted by molar-refractivity contribution is 0.0952. The summed E-state index contributed by atoms with van der Waals surface area (Å²) in [4.78, 5) is 13.1. The molecule has 0 aliphatic rings. The number of carbonyl (C=O) groups excluding carboxylic acids is 1. The molecular formula is C17H14N2O2S. The average molecular weight is 310 g/mol. The van der Waals surface area contributed by atoms with Crippen molar-refractivity contribution in [2.24, 2.45) is 5.10 Å². The van der Waals surface area contributed by atoms with Gasteiger partial charge in [-0.15, -0.1) is 11.3 Å². The summed E-state index contributed by atoms with van der Waals surface area (Å²) >= 11 is 1.55. The van der Waals surface area contributed by atoms with Crippen LogP contribution in [0.3, 0.4) is 0 Å². The predicted molar refractivity (Wildman–Crippen MR) is 89.7 cm³/mol. The highest BCUT2D eigenvalue weighted by molar-refractivity contribution is 7.11. The van der Waals surface area contributed by atoms with Crippen molar-refractivity contribution >= 4 is 34.2 Å². The third kappa shape index (κ3) is 2.71. The summed E-state index contributed by atoms with van der Waals surface area (Å²) < 4.78 is 0. The summed E-state index contributed by atoms with van der Waals surface area (Å²) in [6.07, 6.45) is 1.61. The van der Waals surface area contributed by atoms with Gasteiger partial charge in [0.15, 0.2) is 0 Å². The highest BCUT2D eigenvalue weighted by Crippen LogP contribution is 2.28. The lowest BCUT2D eigenvalue weighted by atomic mass is 10.1. The van der Waals surface area contributed by atoms with Gasteiger partial charge in [0, 0.05) is 10.3 Å². The average Bonchev–Trinajstić information content (AvgIpc) is 2.93. The number of nitrogens with zero attached hydrogens (tertiary/aromatic N) is 1. The Bertz CT molecular complexity index is 868. The lowest BCUT2D eigenvalue weighted by Gasteiger charge is -2.06. The number of benzene rings is 2. The molecule has 0 aliphatic carbocycles. The van der Waals surface area contributed by atoms with Crippen LogP contribution in [0.2, 0.25) is 0 Å². The molecule has 5 heteroatoms. The first-order valence-electron chi connectivity index (χ1n) is 6.75. The van der Waals surface area contributed by atoms with Gasteiger partial charge in [-0.25, -0.2) is 5.43 Å². The highest BCUT2D eigenvalue weighted by atomic mass is 32.1. The zero-order valence-electron chi connectivity index (χ0n) is 11.9. The fourth-order valence-electron chi connectivity index (χ4n) is 2.16. The Morgan fingerprint density at radius 3 is 2.82 bits per heavy atom. The quantitative estimate of drug-likeness (QED) is 0.572. The van der Waals surface area contributed by atoms with Crippen molar-refractivity contribution in [3.05, 3.63) is 63.8 Å². The molecule has 22 heavy (non-hydrogen) atoms. The third-order valence-corrected chi connectivity index (χ3v) is 4.35. The molecule has 0 unspecified atom stereocenters. The molecule has 2 N–H and O–H groups in total. The number of nitrogens with one attached hydrogen (secondary N) is 1. The Labute approximate surface area is 131 Å². The normalized spacial score (nSPS) is 11.1. The minimum Gasteiger partial charge on any atom is -0.506 e. The number of aryl methyl sites for hydroxylation is 1. The number of aromatic hydroxyl groups is 1. The van der Waals surface area contributed by atoms with E-state index in [2.05, 4.69) is 10.5 Å². The van der Waals surface area contributed by atoms with E-state index in [1.807, 2.05) is 36.6 Å².